The lowest BCUT2D eigenvalue weighted by Crippen LogP contribution is -2.25. The predicted octanol–water partition coefficient (Wildman–Crippen LogP) is 14.2. The second-order valence-corrected chi connectivity index (χ2v) is 15.5. The van der Waals surface area contributed by atoms with Crippen LogP contribution in [0.3, 0.4) is 0 Å². The Morgan fingerprint density at radius 3 is 2.05 bits per heavy atom. The van der Waals surface area contributed by atoms with Gasteiger partial charge in [-0.05, 0) is 102 Å². The molecule has 1 spiro atoms. The third kappa shape index (κ3) is 3.95. The Hall–Kier alpha value is -6.44. The van der Waals surface area contributed by atoms with Gasteiger partial charge in [-0.15, -0.1) is 0 Å². The summed E-state index contributed by atoms with van der Waals surface area (Å²) in [4.78, 5) is 1.43. The van der Waals surface area contributed by atoms with Crippen LogP contribution in [0.15, 0.2) is 182 Å². The number of nitrogens with zero attached hydrogens (tertiary/aromatic N) is 1. The normalized spacial score (nSPS) is 24.2. The molecule has 7 aromatic rings. The first-order chi connectivity index (χ1) is 35.9. The summed E-state index contributed by atoms with van der Waals surface area (Å²) in [6.45, 7) is 10.4. The maximum absolute atomic E-state index is 10.1. The minimum Gasteiger partial charge on any atom is -0.309 e. The predicted molar refractivity (Wildman–Crippen MR) is 235 cm³/mol. The Balaban J connectivity index is 1.38. The maximum atomic E-state index is 10.1. The Morgan fingerprint density at radius 2 is 1.21 bits per heavy atom. The standard InChI is InChI=1S/C55H43N/c1-7-18-36-34(2)55(44-25-14-9-19-37(36)44)45-26-15-11-22-41(45)52-47(55)28-17-30-50(52)56(35-31-32-39-38-20-8-12-23-42(38)54(5,6)48(39)33-35)49-29-16-27-46-51(49)40-21-10-13-24-43(40)53(46,3)4/h7-33H,1-2H2,3-6H3/b36-18+/i1D2,7D,8D,9D,10D,11D,12D,13D,14D,16D,18D,19D,23D,24D,25D,26D,28D,29D,31D,32D. The summed E-state index contributed by atoms with van der Waals surface area (Å²) in [6, 6.07) is 2.18. The van der Waals surface area contributed by atoms with Crippen molar-refractivity contribution in [2.45, 2.75) is 43.9 Å². The molecule has 1 atom stereocenters. The zero-order valence-electron chi connectivity index (χ0n) is 51.8. The molecule has 0 aliphatic heterocycles. The lowest BCUT2D eigenvalue weighted by atomic mass is 9.71. The van der Waals surface area contributed by atoms with E-state index in [1.54, 1.807) is 33.8 Å². The van der Waals surface area contributed by atoms with Crippen LogP contribution in [0.4, 0.5) is 17.1 Å². The van der Waals surface area contributed by atoms with Gasteiger partial charge in [0.1, 0.15) is 0 Å². The average molecular weight is 739 g/mol. The van der Waals surface area contributed by atoms with E-state index in [2.05, 4.69) is 6.58 Å². The molecule has 4 aliphatic rings. The van der Waals surface area contributed by atoms with Gasteiger partial charge >= 0.3 is 0 Å². The van der Waals surface area contributed by atoms with Crippen molar-refractivity contribution >= 4 is 22.6 Å². The Bertz CT molecular complexity index is 4090. The van der Waals surface area contributed by atoms with Gasteiger partial charge in [0.25, 0.3) is 0 Å². The van der Waals surface area contributed by atoms with Gasteiger partial charge in [0.15, 0.2) is 0 Å². The number of anilines is 3. The van der Waals surface area contributed by atoms with Crippen molar-refractivity contribution in [2.24, 2.45) is 0 Å². The molecular weight excluding hydrogens is 675 g/mol. The first kappa shape index (κ1) is 18.0. The van der Waals surface area contributed by atoms with E-state index in [1.807, 2.05) is 0 Å². The van der Waals surface area contributed by atoms with Gasteiger partial charge in [-0.3, -0.25) is 0 Å². The van der Waals surface area contributed by atoms with E-state index in [9.17, 15) is 13.7 Å². The minimum atomic E-state index is -2.23. The number of allylic oxidation sites excluding steroid dienone is 4. The van der Waals surface area contributed by atoms with Crippen LogP contribution in [0.25, 0.3) is 39.0 Å². The molecule has 1 heteroatoms. The van der Waals surface area contributed by atoms with Crippen molar-refractivity contribution in [1.29, 1.82) is 0 Å². The van der Waals surface area contributed by atoms with Gasteiger partial charge in [-0.1, -0.05) is 180 Å². The van der Waals surface area contributed by atoms with Gasteiger partial charge in [0.2, 0.25) is 0 Å². The summed E-state index contributed by atoms with van der Waals surface area (Å²) in [5.74, 6) is 0. The molecular formula is C55H43N. The fraction of sp³-hybridized carbons (Fsp3) is 0.127. The number of fused-ring (bicyclic) bond motifs is 13. The number of hydrogen-bond acceptors (Lipinski definition) is 1. The molecule has 0 aromatic heterocycles. The average Bonchev–Trinajstić information content (AvgIpc) is 4.16. The molecule has 11 rings (SSSR count). The summed E-state index contributed by atoms with van der Waals surface area (Å²) in [5, 5.41) is 0. The molecule has 56 heavy (non-hydrogen) atoms. The molecule has 1 nitrogen and oxygen atoms in total. The van der Waals surface area contributed by atoms with Crippen LogP contribution in [-0.2, 0) is 16.2 Å². The van der Waals surface area contributed by atoms with Gasteiger partial charge in [0, 0.05) is 27.6 Å². The minimum absolute atomic E-state index is 0.00398. The van der Waals surface area contributed by atoms with E-state index in [0.29, 0.717) is 27.8 Å². The third-order valence-corrected chi connectivity index (χ3v) is 12.2. The van der Waals surface area contributed by atoms with Crippen LogP contribution in [0.2, 0.25) is 0 Å². The van der Waals surface area contributed by atoms with Crippen LogP contribution >= 0.6 is 0 Å². The fourth-order valence-corrected chi connectivity index (χ4v) is 9.64. The summed E-state index contributed by atoms with van der Waals surface area (Å²) < 4.78 is 193. The second-order valence-electron chi connectivity index (χ2n) is 15.5. The van der Waals surface area contributed by atoms with E-state index in [-0.39, 0.29) is 145 Å². The molecule has 1 unspecified atom stereocenters. The molecule has 7 aromatic carbocycles. The first-order valence-corrected chi connectivity index (χ1v) is 18.1. The SMILES string of the molecule is [2H]C([2H])=C([2H])/C([2H])=C1\C(=C)C2(c3c([2H])cc([2H])cc3-c3c(N(c4cc5c(c([2H])c4[2H])-c4cc([2H])c([2H])c([2H])c4C5(C)C)c4c([2H])c([2H])cc5c4-c4cc([2H])c([2H])c([2H])c4C5(C)C)ccc([2H])c32)c2c([2H])c([2H])c([2H])c([2H])c21. The highest BCUT2D eigenvalue weighted by Crippen LogP contribution is 2.66. The Labute approximate surface area is 360 Å². The van der Waals surface area contributed by atoms with E-state index >= 15 is 0 Å². The topological polar surface area (TPSA) is 3.24 Å². The number of benzene rings is 7. The smallest absolute Gasteiger partial charge is 0.0720 e. The molecule has 0 bridgehead atoms. The van der Waals surface area contributed by atoms with Gasteiger partial charge in [-0.2, -0.15) is 0 Å². The summed E-state index contributed by atoms with van der Waals surface area (Å²) in [5.41, 5.74) is -3.82. The van der Waals surface area contributed by atoms with E-state index in [0.717, 1.165) is 0 Å². The highest BCUT2D eigenvalue weighted by molar-refractivity contribution is 6.05. The summed E-state index contributed by atoms with van der Waals surface area (Å²) in [6.07, 6.45) is 0. The van der Waals surface area contributed by atoms with Crippen molar-refractivity contribution in [1.82, 2.24) is 0 Å². The van der Waals surface area contributed by atoms with Crippen LogP contribution in [0, 0.1) is 0 Å². The molecule has 0 N–H and O–H groups in total. The van der Waals surface area contributed by atoms with Gasteiger partial charge in [0.05, 0.1) is 45.6 Å². The fourth-order valence-electron chi connectivity index (χ4n) is 9.64. The van der Waals surface area contributed by atoms with Crippen LogP contribution in [-0.4, -0.2) is 0 Å². The summed E-state index contributed by atoms with van der Waals surface area (Å²) in [7, 11) is 0. The molecule has 0 saturated carbocycles. The van der Waals surface area contributed by atoms with Crippen LogP contribution < -0.4 is 4.90 Å². The van der Waals surface area contributed by atoms with Crippen molar-refractivity contribution in [2.75, 3.05) is 4.90 Å². The third-order valence-electron chi connectivity index (χ3n) is 12.2. The molecule has 4 aliphatic carbocycles. The van der Waals surface area contributed by atoms with E-state index in [1.165, 1.54) is 47.4 Å². The molecule has 0 heterocycles. The molecule has 268 valence electrons. The highest BCUT2D eigenvalue weighted by atomic mass is 15.1. The lowest BCUT2D eigenvalue weighted by Gasteiger charge is -2.33. The van der Waals surface area contributed by atoms with E-state index in [4.69, 9.17) is 15.1 Å². The largest absolute Gasteiger partial charge is 0.309 e. The molecule has 0 saturated heterocycles. The number of hydrogen-bond donors (Lipinski definition) is 0. The molecule has 0 amide bonds. The van der Waals surface area contributed by atoms with Crippen LogP contribution in [0.5, 0.6) is 0 Å². The Kier molecular flexibility index (Phi) is 3.64. The van der Waals surface area contributed by atoms with Crippen molar-refractivity contribution in [3.63, 3.8) is 0 Å². The highest BCUT2D eigenvalue weighted by Gasteiger charge is 2.53. The van der Waals surface area contributed by atoms with E-state index < -0.39 is 71.1 Å². The van der Waals surface area contributed by atoms with Crippen molar-refractivity contribution in [3.05, 3.63) is 227 Å². The van der Waals surface area contributed by atoms with Crippen LogP contribution in [0.1, 0.15) is 101 Å². The first-order valence-electron chi connectivity index (χ1n) is 28.6. The Morgan fingerprint density at radius 1 is 0.554 bits per heavy atom. The van der Waals surface area contributed by atoms with Gasteiger partial charge < -0.3 is 4.90 Å². The second kappa shape index (κ2) is 11.3. The maximum Gasteiger partial charge on any atom is 0.0720 e. The lowest BCUT2D eigenvalue weighted by molar-refractivity contribution is 0.660. The zero-order chi connectivity index (χ0) is 56.3. The van der Waals surface area contributed by atoms with Crippen molar-refractivity contribution in [3.8, 4) is 33.4 Å². The van der Waals surface area contributed by atoms with Crippen molar-refractivity contribution < 1.29 is 28.8 Å². The molecule has 0 fully saturated rings. The van der Waals surface area contributed by atoms with Gasteiger partial charge in [-0.25, -0.2) is 0 Å². The molecule has 0 radical (unpaired) electrons. The zero-order valence-corrected chi connectivity index (χ0v) is 30.8. The number of rotatable bonds is 4. The monoisotopic (exact) mass is 738 g/mol. The summed E-state index contributed by atoms with van der Waals surface area (Å²) >= 11 is 0. The quantitative estimate of drug-likeness (QED) is 0.174.